The monoisotopic (exact) mass is 256 g/mol. The van der Waals surface area contributed by atoms with Crippen molar-refractivity contribution in [3.8, 4) is 5.88 Å². The van der Waals surface area contributed by atoms with Crippen LogP contribution in [0.1, 0.15) is 31.2 Å². The van der Waals surface area contributed by atoms with Crippen LogP contribution in [-0.2, 0) is 0 Å². The molecule has 0 saturated heterocycles. The van der Waals surface area contributed by atoms with Crippen LogP contribution >= 0.6 is 0 Å². The molecule has 0 spiro atoms. The van der Waals surface area contributed by atoms with Crippen molar-refractivity contribution in [1.82, 2.24) is 4.98 Å². The van der Waals surface area contributed by atoms with E-state index in [9.17, 15) is 0 Å². The Kier molecular flexibility index (Phi) is 3.38. The van der Waals surface area contributed by atoms with Crippen molar-refractivity contribution < 1.29 is 4.74 Å². The molecule has 1 aromatic heterocycles. The fraction of sp³-hybridized carbons (Fsp3) is 0.438. The van der Waals surface area contributed by atoms with Crippen LogP contribution in [0.2, 0.25) is 0 Å². The summed E-state index contributed by atoms with van der Waals surface area (Å²) in [4.78, 5) is 4.63. The van der Waals surface area contributed by atoms with Crippen LogP contribution < -0.4 is 10.5 Å². The van der Waals surface area contributed by atoms with E-state index in [1.807, 2.05) is 18.2 Å². The fourth-order valence-electron chi connectivity index (χ4n) is 2.69. The number of fused-ring (bicyclic) bond motifs is 1. The van der Waals surface area contributed by atoms with Gasteiger partial charge in [-0.1, -0.05) is 18.2 Å². The second kappa shape index (κ2) is 5.17. The van der Waals surface area contributed by atoms with Crippen LogP contribution in [0.3, 0.4) is 0 Å². The summed E-state index contributed by atoms with van der Waals surface area (Å²) >= 11 is 0. The molecule has 3 nitrogen and oxygen atoms in total. The zero-order valence-corrected chi connectivity index (χ0v) is 11.3. The maximum absolute atomic E-state index is 6.08. The number of hydrogen-bond acceptors (Lipinski definition) is 3. The van der Waals surface area contributed by atoms with Crippen molar-refractivity contribution in [1.29, 1.82) is 0 Å². The van der Waals surface area contributed by atoms with Crippen molar-refractivity contribution in [2.45, 2.75) is 44.8 Å². The second-order valence-electron chi connectivity index (χ2n) is 5.46. The van der Waals surface area contributed by atoms with E-state index < -0.39 is 0 Å². The Labute approximate surface area is 113 Å². The van der Waals surface area contributed by atoms with Crippen molar-refractivity contribution in [3.05, 3.63) is 35.9 Å². The van der Waals surface area contributed by atoms with E-state index in [1.165, 1.54) is 0 Å². The van der Waals surface area contributed by atoms with Crippen molar-refractivity contribution in [2.24, 2.45) is 5.73 Å². The van der Waals surface area contributed by atoms with Crippen molar-refractivity contribution in [3.63, 3.8) is 0 Å². The molecule has 0 unspecified atom stereocenters. The molecule has 0 bridgehead atoms. The maximum atomic E-state index is 6.08. The maximum Gasteiger partial charge on any atom is 0.217 e. The Bertz CT molecular complexity index is 574. The number of pyridine rings is 1. The first-order valence-corrected chi connectivity index (χ1v) is 7.01. The van der Waals surface area contributed by atoms with Gasteiger partial charge in [0.15, 0.2) is 0 Å². The number of aryl methyl sites for hydroxylation is 1. The molecular formula is C16H20N2O. The van der Waals surface area contributed by atoms with E-state index in [2.05, 4.69) is 24.0 Å². The van der Waals surface area contributed by atoms with Gasteiger partial charge in [-0.15, -0.1) is 0 Å². The van der Waals surface area contributed by atoms with Gasteiger partial charge in [0.1, 0.15) is 6.10 Å². The van der Waals surface area contributed by atoms with Crippen LogP contribution in [0.15, 0.2) is 30.3 Å². The van der Waals surface area contributed by atoms with Gasteiger partial charge in [-0.3, -0.25) is 0 Å². The quantitative estimate of drug-likeness (QED) is 0.897. The molecule has 0 amide bonds. The molecule has 0 atom stereocenters. The molecule has 2 N–H and O–H groups in total. The summed E-state index contributed by atoms with van der Waals surface area (Å²) in [7, 11) is 0. The summed E-state index contributed by atoms with van der Waals surface area (Å²) in [6, 6.07) is 10.6. The van der Waals surface area contributed by atoms with Gasteiger partial charge in [0.25, 0.3) is 0 Å². The first kappa shape index (κ1) is 12.4. The third-order valence-electron chi connectivity index (χ3n) is 3.87. The average Bonchev–Trinajstić information content (AvgIpc) is 2.42. The molecule has 1 heterocycles. The Hall–Kier alpha value is -1.61. The van der Waals surface area contributed by atoms with Crippen LogP contribution in [-0.4, -0.2) is 17.1 Å². The molecule has 0 aliphatic heterocycles. The minimum atomic E-state index is 0.271. The smallest absolute Gasteiger partial charge is 0.217 e. The molecule has 3 rings (SSSR count). The van der Waals surface area contributed by atoms with E-state index in [0.717, 1.165) is 48.0 Å². The highest BCUT2D eigenvalue weighted by Crippen LogP contribution is 2.26. The number of rotatable bonds is 2. The summed E-state index contributed by atoms with van der Waals surface area (Å²) < 4.78 is 6.08. The van der Waals surface area contributed by atoms with E-state index in [-0.39, 0.29) is 6.10 Å². The number of nitrogens with zero attached hydrogens (tertiary/aromatic N) is 1. The number of nitrogens with two attached hydrogens (primary N) is 1. The predicted molar refractivity (Wildman–Crippen MR) is 77.3 cm³/mol. The lowest BCUT2D eigenvalue weighted by Crippen LogP contribution is -2.32. The second-order valence-corrected chi connectivity index (χ2v) is 5.46. The molecule has 19 heavy (non-hydrogen) atoms. The molecule has 0 radical (unpaired) electrons. The van der Waals surface area contributed by atoms with Crippen LogP contribution in [0.25, 0.3) is 10.9 Å². The summed E-state index contributed by atoms with van der Waals surface area (Å²) in [5.41, 5.74) is 8.02. The molecule has 3 heteroatoms. The van der Waals surface area contributed by atoms with E-state index in [4.69, 9.17) is 10.5 Å². The van der Waals surface area contributed by atoms with Gasteiger partial charge in [0.05, 0.1) is 5.52 Å². The van der Waals surface area contributed by atoms with E-state index in [0.29, 0.717) is 6.04 Å². The first-order valence-electron chi connectivity index (χ1n) is 7.01. The zero-order valence-electron chi connectivity index (χ0n) is 11.3. The third kappa shape index (κ3) is 2.71. The third-order valence-corrected chi connectivity index (χ3v) is 3.87. The van der Waals surface area contributed by atoms with Gasteiger partial charge in [-0.25, -0.2) is 4.98 Å². The lowest BCUT2D eigenvalue weighted by atomic mass is 9.94. The van der Waals surface area contributed by atoms with Crippen LogP contribution in [0.4, 0.5) is 0 Å². The van der Waals surface area contributed by atoms with Crippen LogP contribution in [0.5, 0.6) is 5.88 Å². The minimum absolute atomic E-state index is 0.271. The molecular weight excluding hydrogens is 236 g/mol. The van der Waals surface area contributed by atoms with Crippen molar-refractivity contribution in [2.75, 3.05) is 0 Å². The molecule has 1 aliphatic rings. The normalized spacial score (nSPS) is 23.5. The van der Waals surface area contributed by atoms with Gasteiger partial charge in [-0.05, 0) is 44.7 Å². The summed E-state index contributed by atoms with van der Waals surface area (Å²) in [6.45, 7) is 2.06. The lowest BCUT2D eigenvalue weighted by Gasteiger charge is -2.26. The number of para-hydroxylation sites is 1. The highest BCUT2D eigenvalue weighted by atomic mass is 16.5. The summed E-state index contributed by atoms with van der Waals surface area (Å²) in [5.74, 6) is 0.777. The number of benzene rings is 1. The topological polar surface area (TPSA) is 48.1 Å². The molecule has 2 aromatic rings. The lowest BCUT2D eigenvalue weighted by molar-refractivity contribution is 0.140. The Morgan fingerprint density at radius 1 is 1.16 bits per heavy atom. The van der Waals surface area contributed by atoms with Gasteiger partial charge >= 0.3 is 0 Å². The first-order chi connectivity index (χ1) is 9.22. The highest BCUT2D eigenvalue weighted by Gasteiger charge is 2.20. The molecule has 1 aliphatic carbocycles. The molecule has 1 saturated carbocycles. The van der Waals surface area contributed by atoms with Gasteiger partial charge in [0.2, 0.25) is 5.88 Å². The van der Waals surface area contributed by atoms with Crippen LogP contribution in [0, 0.1) is 6.92 Å². The number of hydrogen-bond donors (Lipinski definition) is 1. The molecule has 1 fully saturated rings. The molecule has 100 valence electrons. The van der Waals surface area contributed by atoms with E-state index >= 15 is 0 Å². The number of ether oxygens (including phenoxy) is 1. The van der Waals surface area contributed by atoms with Gasteiger partial charge < -0.3 is 10.5 Å². The fourth-order valence-corrected chi connectivity index (χ4v) is 2.69. The average molecular weight is 256 g/mol. The predicted octanol–water partition coefficient (Wildman–Crippen LogP) is 3.19. The summed E-state index contributed by atoms with van der Waals surface area (Å²) in [5, 5.41) is 1.16. The Morgan fingerprint density at radius 3 is 2.68 bits per heavy atom. The van der Waals surface area contributed by atoms with Crippen molar-refractivity contribution >= 4 is 10.9 Å². The standard InChI is InChI=1S/C16H20N2O/c1-11-10-12-4-2-3-5-15(12)18-16(11)19-14-8-6-13(17)7-9-14/h2-5,10,13-14H,6-9,17H2,1H3. The number of aromatic nitrogens is 1. The largest absolute Gasteiger partial charge is 0.474 e. The van der Waals surface area contributed by atoms with Gasteiger partial charge in [-0.2, -0.15) is 0 Å². The Morgan fingerprint density at radius 2 is 1.89 bits per heavy atom. The molecule has 1 aromatic carbocycles. The van der Waals surface area contributed by atoms with E-state index in [1.54, 1.807) is 0 Å². The van der Waals surface area contributed by atoms with Gasteiger partial charge in [0, 0.05) is 17.0 Å². The minimum Gasteiger partial charge on any atom is -0.474 e. The highest BCUT2D eigenvalue weighted by molar-refractivity contribution is 5.79. The Balaban J connectivity index is 1.82. The zero-order chi connectivity index (χ0) is 13.2. The SMILES string of the molecule is Cc1cc2ccccc2nc1OC1CCC(N)CC1. The summed E-state index contributed by atoms with van der Waals surface area (Å²) in [6.07, 6.45) is 4.45.